The lowest BCUT2D eigenvalue weighted by molar-refractivity contribution is -0.117. The molecule has 1 aliphatic rings. The molecule has 1 amide bonds. The topological polar surface area (TPSA) is 75.1 Å². The lowest BCUT2D eigenvalue weighted by Crippen LogP contribution is -2.20. The number of carbonyl (C=O) groups excluding carboxylic acids is 1. The Bertz CT molecular complexity index is 798. The van der Waals surface area contributed by atoms with Crippen molar-refractivity contribution in [2.24, 2.45) is 5.92 Å². The lowest BCUT2D eigenvalue weighted by atomic mass is 9.87. The Hall–Kier alpha value is -2.43. The molecular formula is C22H29N3O2. The fourth-order valence-electron chi connectivity index (χ4n) is 3.83. The SMILES string of the molecule is Cc1nc(C)c(NC(=O)CC2CCCCC2)nc1CCc1cccc(O)c1. The average molecular weight is 367 g/mol. The van der Waals surface area contributed by atoms with Gasteiger partial charge in [-0.05, 0) is 63.1 Å². The largest absolute Gasteiger partial charge is 0.508 e. The predicted molar refractivity (Wildman–Crippen MR) is 107 cm³/mol. The molecule has 2 aromatic rings. The van der Waals surface area contributed by atoms with Gasteiger partial charge in [-0.15, -0.1) is 0 Å². The van der Waals surface area contributed by atoms with E-state index in [1.807, 2.05) is 26.0 Å². The van der Waals surface area contributed by atoms with Gasteiger partial charge in [0, 0.05) is 6.42 Å². The molecule has 0 bridgehead atoms. The number of benzene rings is 1. The maximum absolute atomic E-state index is 12.4. The summed E-state index contributed by atoms with van der Waals surface area (Å²) in [5.41, 5.74) is 3.58. The number of hydrogen-bond donors (Lipinski definition) is 2. The molecule has 0 saturated heterocycles. The van der Waals surface area contributed by atoms with Crippen molar-refractivity contribution in [3.63, 3.8) is 0 Å². The summed E-state index contributed by atoms with van der Waals surface area (Å²) in [5, 5.41) is 12.6. The molecule has 0 aliphatic heterocycles. The second kappa shape index (κ2) is 8.98. The summed E-state index contributed by atoms with van der Waals surface area (Å²) < 4.78 is 0. The van der Waals surface area contributed by atoms with Crippen LogP contribution in [0.3, 0.4) is 0 Å². The number of rotatable bonds is 6. The molecule has 144 valence electrons. The van der Waals surface area contributed by atoms with Crippen molar-refractivity contribution in [2.45, 2.75) is 65.2 Å². The zero-order valence-corrected chi connectivity index (χ0v) is 16.3. The van der Waals surface area contributed by atoms with Gasteiger partial charge in [0.15, 0.2) is 5.82 Å². The summed E-state index contributed by atoms with van der Waals surface area (Å²) in [5.74, 6) is 1.40. The van der Waals surface area contributed by atoms with Crippen molar-refractivity contribution in [1.82, 2.24) is 9.97 Å². The number of aromatic nitrogens is 2. The van der Waals surface area contributed by atoms with E-state index in [1.165, 1.54) is 19.3 Å². The molecule has 1 saturated carbocycles. The van der Waals surface area contributed by atoms with Crippen molar-refractivity contribution in [3.8, 4) is 5.75 Å². The number of phenolic OH excluding ortho intramolecular Hbond substituents is 1. The van der Waals surface area contributed by atoms with Gasteiger partial charge >= 0.3 is 0 Å². The Kier molecular flexibility index (Phi) is 6.43. The smallest absolute Gasteiger partial charge is 0.225 e. The van der Waals surface area contributed by atoms with Crippen molar-refractivity contribution >= 4 is 11.7 Å². The molecule has 1 aromatic carbocycles. The van der Waals surface area contributed by atoms with E-state index >= 15 is 0 Å². The minimum Gasteiger partial charge on any atom is -0.508 e. The van der Waals surface area contributed by atoms with Gasteiger partial charge in [-0.2, -0.15) is 0 Å². The number of aromatic hydroxyl groups is 1. The first-order valence-corrected chi connectivity index (χ1v) is 9.93. The molecule has 5 nitrogen and oxygen atoms in total. The van der Waals surface area contributed by atoms with Crippen LogP contribution in [0.4, 0.5) is 5.82 Å². The molecular weight excluding hydrogens is 338 g/mol. The summed E-state index contributed by atoms with van der Waals surface area (Å²) in [6, 6.07) is 7.27. The molecule has 27 heavy (non-hydrogen) atoms. The van der Waals surface area contributed by atoms with Crippen LogP contribution in [0.25, 0.3) is 0 Å². The van der Waals surface area contributed by atoms with Crippen LogP contribution in [-0.4, -0.2) is 21.0 Å². The van der Waals surface area contributed by atoms with Crippen molar-refractivity contribution in [3.05, 3.63) is 46.9 Å². The highest BCUT2D eigenvalue weighted by Gasteiger charge is 2.18. The Morgan fingerprint density at radius 2 is 1.89 bits per heavy atom. The van der Waals surface area contributed by atoms with Crippen LogP contribution in [0.5, 0.6) is 5.75 Å². The van der Waals surface area contributed by atoms with E-state index in [1.54, 1.807) is 12.1 Å². The average Bonchev–Trinajstić information content (AvgIpc) is 2.64. The summed E-state index contributed by atoms with van der Waals surface area (Å²) in [6.45, 7) is 3.83. The number of anilines is 1. The molecule has 1 aliphatic carbocycles. The van der Waals surface area contributed by atoms with Crippen LogP contribution >= 0.6 is 0 Å². The fraction of sp³-hybridized carbons (Fsp3) is 0.500. The van der Waals surface area contributed by atoms with Crippen LogP contribution < -0.4 is 5.32 Å². The summed E-state index contributed by atoms with van der Waals surface area (Å²) in [6.07, 6.45) is 8.14. The molecule has 0 unspecified atom stereocenters. The zero-order chi connectivity index (χ0) is 19.2. The number of amides is 1. The van der Waals surface area contributed by atoms with E-state index in [0.717, 1.165) is 41.9 Å². The number of nitrogens with zero attached hydrogens (tertiary/aromatic N) is 2. The number of hydrogen-bond acceptors (Lipinski definition) is 4. The van der Waals surface area contributed by atoms with Gasteiger partial charge in [0.25, 0.3) is 0 Å². The van der Waals surface area contributed by atoms with E-state index in [2.05, 4.69) is 15.3 Å². The van der Waals surface area contributed by atoms with E-state index in [-0.39, 0.29) is 11.7 Å². The second-order valence-electron chi connectivity index (χ2n) is 7.62. The summed E-state index contributed by atoms with van der Waals surface area (Å²) in [7, 11) is 0. The maximum atomic E-state index is 12.4. The number of aryl methyl sites for hydroxylation is 4. The number of carbonyl (C=O) groups is 1. The van der Waals surface area contributed by atoms with Gasteiger partial charge in [0.2, 0.25) is 5.91 Å². The minimum absolute atomic E-state index is 0.0436. The van der Waals surface area contributed by atoms with Crippen molar-refractivity contribution in [1.29, 1.82) is 0 Å². The molecule has 3 rings (SSSR count). The lowest BCUT2D eigenvalue weighted by Gasteiger charge is -2.21. The highest BCUT2D eigenvalue weighted by atomic mass is 16.3. The Morgan fingerprint density at radius 3 is 2.63 bits per heavy atom. The summed E-state index contributed by atoms with van der Waals surface area (Å²) >= 11 is 0. The Labute approximate surface area is 161 Å². The van der Waals surface area contributed by atoms with Gasteiger partial charge in [0.1, 0.15) is 5.75 Å². The van der Waals surface area contributed by atoms with Gasteiger partial charge in [-0.25, -0.2) is 4.98 Å². The van der Waals surface area contributed by atoms with Crippen molar-refractivity contribution in [2.75, 3.05) is 5.32 Å². The fourth-order valence-corrected chi connectivity index (χ4v) is 3.83. The van der Waals surface area contributed by atoms with Crippen molar-refractivity contribution < 1.29 is 9.90 Å². The predicted octanol–water partition coefficient (Wildman–Crippen LogP) is 4.49. The van der Waals surface area contributed by atoms with Crippen LogP contribution in [0, 0.1) is 19.8 Å². The zero-order valence-electron chi connectivity index (χ0n) is 16.3. The first kappa shape index (κ1) is 19.3. The Morgan fingerprint density at radius 1 is 1.11 bits per heavy atom. The minimum atomic E-state index is 0.0436. The van der Waals surface area contributed by atoms with Crippen LogP contribution in [0.15, 0.2) is 24.3 Å². The van der Waals surface area contributed by atoms with E-state index in [9.17, 15) is 9.90 Å². The highest BCUT2D eigenvalue weighted by molar-refractivity contribution is 5.90. The number of phenols is 1. The number of nitrogens with one attached hydrogen (secondary N) is 1. The third-order valence-corrected chi connectivity index (χ3v) is 5.36. The van der Waals surface area contributed by atoms with Gasteiger partial charge in [0.05, 0.1) is 17.1 Å². The standard InChI is InChI=1S/C22H29N3O2/c1-15-20(12-11-18-9-6-10-19(26)13-18)24-22(16(2)23-15)25-21(27)14-17-7-4-3-5-8-17/h6,9-10,13,17,26H,3-5,7-8,11-12,14H2,1-2H3,(H,24,25,27). The quantitative estimate of drug-likeness (QED) is 0.788. The maximum Gasteiger partial charge on any atom is 0.225 e. The monoisotopic (exact) mass is 367 g/mol. The third-order valence-electron chi connectivity index (χ3n) is 5.36. The molecule has 1 fully saturated rings. The molecule has 1 aromatic heterocycles. The Balaban J connectivity index is 1.64. The molecule has 1 heterocycles. The molecule has 0 radical (unpaired) electrons. The first-order chi connectivity index (χ1) is 13.0. The van der Waals surface area contributed by atoms with Gasteiger partial charge < -0.3 is 10.4 Å². The van der Waals surface area contributed by atoms with Crippen LogP contribution in [0.2, 0.25) is 0 Å². The normalized spacial score (nSPS) is 14.9. The van der Waals surface area contributed by atoms with E-state index < -0.39 is 0 Å². The molecule has 0 atom stereocenters. The van der Waals surface area contributed by atoms with Crippen LogP contribution in [0.1, 0.15) is 61.2 Å². The molecule has 0 spiro atoms. The second-order valence-corrected chi connectivity index (χ2v) is 7.62. The van der Waals surface area contributed by atoms with Gasteiger partial charge in [-0.1, -0.05) is 31.4 Å². The molecule has 2 N–H and O–H groups in total. The third kappa shape index (κ3) is 5.52. The highest BCUT2D eigenvalue weighted by Crippen LogP contribution is 2.26. The van der Waals surface area contributed by atoms with E-state index in [0.29, 0.717) is 24.6 Å². The first-order valence-electron chi connectivity index (χ1n) is 9.93. The molecule has 5 heteroatoms. The van der Waals surface area contributed by atoms with Crippen LogP contribution in [-0.2, 0) is 17.6 Å². The summed E-state index contributed by atoms with van der Waals surface area (Å²) in [4.78, 5) is 21.7. The van der Waals surface area contributed by atoms with E-state index in [4.69, 9.17) is 0 Å². The van der Waals surface area contributed by atoms with Gasteiger partial charge in [-0.3, -0.25) is 9.78 Å².